The van der Waals surface area contributed by atoms with E-state index in [1.807, 2.05) is 31.3 Å². The number of hydrogen-bond acceptors (Lipinski definition) is 2. The number of aliphatic imine (C=N–C) groups is 1. The minimum absolute atomic E-state index is 0.0231. The lowest BCUT2D eigenvalue weighted by atomic mass is 9.88. The van der Waals surface area contributed by atoms with Crippen LogP contribution in [0.2, 0.25) is 10.0 Å². The predicted octanol–water partition coefficient (Wildman–Crippen LogP) is 7.46. The van der Waals surface area contributed by atoms with E-state index in [0.717, 1.165) is 34.8 Å². The Balaban J connectivity index is 2.02. The first-order valence-electron chi connectivity index (χ1n) is 9.34. The van der Waals surface area contributed by atoms with Crippen molar-refractivity contribution in [2.75, 3.05) is 11.4 Å². The van der Waals surface area contributed by atoms with E-state index in [9.17, 15) is 0 Å². The molecule has 2 aromatic carbocycles. The van der Waals surface area contributed by atoms with Gasteiger partial charge in [-0.15, -0.1) is 0 Å². The van der Waals surface area contributed by atoms with Gasteiger partial charge in [0.1, 0.15) is 0 Å². The number of benzene rings is 2. The molecular formula is C23H26Cl2N2. The van der Waals surface area contributed by atoms with E-state index < -0.39 is 0 Å². The molecule has 27 heavy (non-hydrogen) atoms. The zero-order valence-electron chi connectivity index (χ0n) is 16.6. The van der Waals surface area contributed by atoms with Crippen LogP contribution in [0.5, 0.6) is 0 Å². The van der Waals surface area contributed by atoms with Gasteiger partial charge in [-0.1, -0.05) is 42.3 Å². The molecule has 0 unspecified atom stereocenters. The first kappa shape index (κ1) is 20.0. The lowest BCUT2D eigenvalue weighted by Gasteiger charge is -2.43. The molecule has 0 amide bonds. The SMILES string of the molecule is CCCN1c2cc(Cl)c(C=Nc3ccc(C)c(Cl)c3)cc2C(C)=CC1(C)C. The van der Waals surface area contributed by atoms with Crippen molar-refractivity contribution in [3.8, 4) is 0 Å². The van der Waals surface area contributed by atoms with Crippen LogP contribution in [-0.4, -0.2) is 18.3 Å². The summed E-state index contributed by atoms with van der Waals surface area (Å²) in [7, 11) is 0. The van der Waals surface area contributed by atoms with Crippen molar-refractivity contribution < 1.29 is 0 Å². The maximum absolute atomic E-state index is 6.63. The number of halogens is 2. The molecule has 1 aliphatic heterocycles. The highest BCUT2D eigenvalue weighted by Crippen LogP contribution is 2.41. The second-order valence-electron chi connectivity index (χ2n) is 7.72. The molecule has 0 saturated carbocycles. The number of rotatable bonds is 4. The van der Waals surface area contributed by atoms with Gasteiger partial charge in [0.2, 0.25) is 0 Å². The van der Waals surface area contributed by atoms with Crippen LogP contribution in [0.1, 0.15) is 50.8 Å². The Kier molecular flexibility index (Phi) is 5.69. The van der Waals surface area contributed by atoms with Crippen LogP contribution in [0.15, 0.2) is 41.4 Å². The molecule has 0 atom stereocenters. The third-order valence-electron chi connectivity index (χ3n) is 5.05. The molecule has 3 rings (SSSR count). The summed E-state index contributed by atoms with van der Waals surface area (Å²) in [6, 6.07) is 10.0. The number of anilines is 1. The van der Waals surface area contributed by atoms with Crippen molar-refractivity contribution in [2.24, 2.45) is 4.99 Å². The van der Waals surface area contributed by atoms with Gasteiger partial charge in [0.25, 0.3) is 0 Å². The molecule has 0 radical (unpaired) electrons. The van der Waals surface area contributed by atoms with Gasteiger partial charge < -0.3 is 4.90 Å². The van der Waals surface area contributed by atoms with Crippen molar-refractivity contribution in [1.29, 1.82) is 0 Å². The average Bonchev–Trinajstić information content (AvgIpc) is 2.59. The Hall–Kier alpha value is -1.77. The Bertz CT molecular complexity index is 926. The zero-order valence-corrected chi connectivity index (χ0v) is 18.1. The third-order valence-corrected chi connectivity index (χ3v) is 5.79. The van der Waals surface area contributed by atoms with E-state index in [0.29, 0.717) is 5.02 Å². The Morgan fingerprint density at radius 3 is 2.48 bits per heavy atom. The zero-order chi connectivity index (χ0) is 19.8. The molecule has 1 aliphatic rings. The predicted molar refractivity (Wildman–Crippen MR) is 120 cm³/mol. The van der Waals surface area contributed by atoms with Crippen molar-refractivity contribution in [1.82, 2.24) is 0 Å². The summed E-state index contributed by atoms with van der Waals surface area (Å²) in [5.74, 6) is 0. The largest absolute Gasteiger partial charge is 0.362 e. The fourth-order valence-electron chi connectivity index (χ4n) is 3.65. The minimum Gasteiger partial charge on any atom is -0.362 e. The van der Waals surface area contributed by atoms with Crippen molar-refractivity contribution >= 4 is 46.4 Å². The van der Waals surface area contributed by atoms with Gasteiger partial charge >= 0.3 is 0 Å². The van der Waals surface area contributed by atoms with Gasteiger partial charge in [-0.25, -0.2) is 0 Å². The van der Waals surface area contributed by atoms with E-state index >= 15 is 0 Å². The average molecular weight is 401 g/mol. The molecule has 0 fully saturated rings. The van der Waals surface area contributed by atoms with E-state index in [1.165, 1.54) is 16.8 Å². The topological polar surface area (TPSA) is 15.6 Å². The van der Waals surface area contributed by atoms with Gasteiger partial charge in [-0.2, -0.15) is 0 Å². The van der Waals surface area contributed by atoms with Crippen LogP contribution in [0.4, 0.5) is 11.4 Å². The lowest BCUT2D eigenvalue weighted by Crippen LogP contribution is -2.45. The van der Waals surface area contributed by atoms with Crippen LogP contribution in [0, 0.1) is 6.92 Å². The van der Waals surface area contributed by atoms with E-state index in [-0.39, 0.29) is 5.54 Å². The molecule has 0 N–H and O–H groups in total. The summed E-state index contributed by atoms with van der Waals surface area (Å²) >= 11 is 12.8. The highest BCUT2D eigenvalue weighted by atomic mass is 35.5. The fourth-order valence-corrected chi connectivity index (χ4v) is 4.03. The van der Waals surface area contributed by atoms with Crippen molar-refractivity contribution in [3.05, 3.63) is 63.1 Å². The van der Waals surface area contributed by atoms with Crippen LogP contribution in [0.25, 0.3) is 5.57 Å². The summed E-state index contributed by atoms with van der Waals surface area (Å²) < 4.78 is 0. The molecular weight excluding hydrogens is 375 g/mol. The van der Waals surface area contributed by atoms with Gasteiger partial charge in [0, 0.05) is 34.6 Å². The van der Waals surface area contributed by atoms with Crippen LogP contribution >= 0.6 is 23.2 Å². The van der Waals surface area contributed by atoms with Crippen molar-refractivity contribution in [3.63, 3.8) is 0 Å². The molecule has 4 heteroatoms. The number of aryl methyl sites for hydroxylation is 1. The highest BCUT2D eigenvalue weighted by molar-refractivity contribution is 6.33. The molecule has 0 saturated heterocycles. The van der Waals surface area contributed by atoms with Gasteiger partial charge in [-0.05, 0) is 69.5 Å². The molecule has 0 aliphatic carbocycles. The molecule has 2 aromatic rings. The van der Waals surface area contributed by atoms with E-state index in [1.54, 1.807) is 0 Å². The maximum Gasteiger partial charge on any atom is 0.0644 e. The molecule has 2 nitrogen and oxygen atoms in total. The molecule has 0 bridgehead atoms. The summed E-state index contributed by atoms with van der Waals surface area (Å²) in [6.45, 7) is 11.8. The fraction of sp³-hybridized carbons (Fsp3) is 0.348. The summed E-state index contributed by atoms with van der Waals surface area (Å²) in [5, 5.41) is 1.43. The number of fused-ring (bicyclic) bond motifs is 1. The van der Waals surface area contributed by atoms with E-state index in [4.69, 9.17) is 23.2 Å². The molecule has 142 valence electrons. The minimum atomic E-state index is -0.0231. The van der Waals surface area contributed by atoms with Gasteiger partial charge in [0.05, 0.1) is 16.2 Å². The van der Waals surface area contributed by atoms with Gasteiger partial charge in [-0.3, -0.25) is 4.99 Å². The summed E-state index contributed by atoms with van der Waals surface area (Å²) in [4.78, 5) is 7.00. The van der Waals surface area contributed by atoms with E-state index in [2.05, 4.69) is 55.8 Å². The second kappa shape index (κ2) is 7.69. The number of hydrogen-bond donors (Lipinski definition) is 0. The lowest BCUT2D eigenvalue weighted by molar-refractivity contribution is 0.550. The monoisotopic (exact) mass is 400 g/mol. The maximum atomic E-state index is 6.63. The summed E-state index contributed by atoms with van der Waals surface area (Å²) in [6.07, 6.45) is 5.24. The number of allylic oxidation sites excluding steroid dienone is 1. The molecule has 0 spiro atoms. The quantitative estimate of drug-likeness (QED) is 0.485. The first-order valence-corrected chi connectivity index (χ1v) is 10.1. The Morgan fingerprint density at radius 2 is 1.81 bits per heavy atom. The normalized spacial score (nSPS) is 15.8. The van der Waals surface area contributed by atoms with Gasteiger partial charge in [0.15, 0.2) is 0 Å². The highest BCUT2D eigenvalue weighted by Gasteiger charge is 2.31. The van der Waals surface area contributed by atoms with Crippen LogP contribution in [-0.2, 0) is 0 Å². The molecule has 1 heterocycles. The standard InChI is InChI=1S/C23H26Cl2N2/c1-6-9-27-22-12-21(25)17(10-19(22)16(3)13-23(27,4)5)14-26-18-8-7-15(2)20(24)11-18/h7-8,10-14H,6,9H2,1-5H3. The smallest absolute Gasteiger partial charge is 0.0644 e. The van der Waals surface area contributed by atoms with Crippen LogP contribution < -0.4 is 4.90 Å². The molecule has 0 aromatic heterocycles. The Labute approximate surface area is 172 Å². The van der Waals surface area contributed by atoms with Crippen molar-refractivity contribution in [2.45, 2.75) is 46.6 Å². The first-order chi connectivity index (χ1) is 12.7. The second-order valence-corrected chi connectivity index (χ2v) is 8.53. The Morgan fingerprint density at radius 1 is 1.07 bits per heavy atom. The number of nitrogens with zero attached hydrogens (tertiary/aromatic N) is 2. The third kappa shape index (κ3) is 4.07. The summed E-state index contributed by atoms with van der Waals surface area (Å²) in [5.41, 5.74) is 6.44. The van der Waals surface area contributed by atoms with Crippen LogP contribution in [0.3, 0.4) is 0 Å².